The van der Waals surface area contributed by atoms with E-state index in [1.165, 1.54) is 28.6 Å². The van der Waals surface area contributed by atoms with Crippen molar-refractivity contribution in [2.24, 2.45) is 0 Å². The zero-order valence-electron chi connectivity index (χ0n) is 17.2. The number of urea groups is 1. The average molecular weight is 454 g/mol. The lowest BCUT2D eigenvalue weighted by molar-refractivity contribution is -0.123. The van der Waals surface area contributed by atoms with Crippen LogP contribution in [0.1, 0.15) is 42.5 Å². The number of ether oxygens (including phenoxy) is 2. The highest BCUT2D eigenvalue weighted by molar-refractivity contribution is 7.89. The van der Waals surface area contributed by atoms with Gasteiger partial charge < -0.3 is 14.8 Å². The molecule has 0 atom stereocenters. The van der Waals surface area contributed by atoms with Crippen molar-refractivity contribution in [2.75, 3.05) is 32.9 Å². The van der Waals surface area contributed by atoms with Crippen LogP contribution >= 0.6 is 0 Å². The number of nitrogens with zero attached hydrogens (tertiary/aromatic N) is 1. The Kier molecular flexibility index (Phi) is 7.99. The molecule has 0 bridgehead atoms. The Morgan fingerprint density at radius 3 is 2.32 bits per heavy atom. The minimum atomic E-state index is -3.66. The van der Waals surface area contributed by atoms with Crippen molar-refractivity contribution >= 4 is 27.9 Å². The highest BCUT2D eigenvalue weighted by Crippen LogP contribution is 2.18. The molecular weight excluding hydrogens is 426 g/mol. The van der Waals surface area contributed by atoms with Gasteiger partial charge in [0.05, 0.1) is 23.7 Å². The average Bonchev–Trinajstić information content (AvgIpc) is 2.78. The Morgan fingerprint density at radius 2 is 1.68 bits per heavy atom. The van der Waals surface area contributed by atoms with Gasteiger partial charge in [-0.25, -0.2) is 18.0 Å². The minimum absolute atomic E-state index is 0.0522. The van der Waals surface area contributed by atoms with Crippen LogP contribution in [0.15, 0.2) is 29.2 Å². The van der Waals surface area contributed by atoms with Crippen LogP contribution in [0.4, 0.5) is 4.79 Å². The molecule has 0 aromatic heterocycles. The van der Waals surface area contributed by atoms with Crippen LogP contribution in [0.3, 0.4) is 0 Å². The maximum atomic E-state index is 12.6. The molecule has 1 aliphatic carbocycles. The summed E-state index contributed by atoms with van der Waals surface area (Å²) in [7, 11) is -3.66. The van der Waals surface area contributed by atoms with Crippen molar-refractivity contribution in [3.05, 3.63) is 29.8 Å². The Hall–Kier alpha value is -2.50. The van der Waals surface area contributed by atoms with Gasteiger partial charge in [0.15, 0.2) is 6.61 Å². The van der Waals surface area contributed by atoms with Gasteiger partial charge >= 0.3 is 12.0 Å². The van der Waals surface area contributed by atoms with Gasteiger partial charge in [0.25, 0.3) is 5.91 Å². The molecule has 2 fully saturated rings. The fourth-order valence-electron chi connectivity index (χ4n) is 3.54. The number of benzene rings is 1. The molecule has 1 aromatic rings. The highest BCUT2D eigenvalue weighted by atomic mass is 32.2. The van der Waals surface area contributed by atoms with Gasteiger partial charge in [-0.15, -0.1) is 0 Å². The standard InChI is InChI=1S/C20H27N3O7S/c24-18(22-20(26)21-16-4-2-1-3-5-16)14-30-19(25)15-6-8-17(9-7-15)31(27,28)23-10-12-29-13-11-23/h6-9,16H,1-5,10-14H2,(H2,21,22,24,26). The second-order valence-electron chi connectivity index (χ2n) is 7.47. The smallest absolute Gasteiger partial charge is 0.338 e. The van der Waals surface area contributed by atoms with E-state index in [0.29, 0.717) is 13.2 Å². The third kappa shape index (κ3) is 6.49. The van der Waals surface area contributed by atoms with Gasteiger partial charge in [-0.3, -0.25) is 10.1 Å². The summed E-state index contributed by atoms with van der Waals surface area (Å²) in [6.07, 6.45) is 5.00. The van der Waals surface area contributed by atoms with E-state index in [1.54, 1.807) is 0 Å². The molecule has 0 radical (unpaired) electrons. The van der Waals surface area contributed by atoms with E-state index in [4.69, 9.17) is 9.47 Å². The van der Waals surface area contributed by atoms with Crippen molar-refractivity contribution in [3.63, 3.8) is 0 Å². The first-order valence-electron chi connectivity index (χ1n) is 10.3. The molecular formula is C20H27N3O7S. The second-order valence-corrected chi connectivity index (χ2v) is 9.41. The topological polar surface area (TPSA) is 131 Å². The van der Waals surface area contributed by atoms with Crippen LogP contribution < -0.4 is 10.6 Å². The summed E-state index contributed by atoms with van der Waals surface area (Å²) >= 11 is 0. The van der Waals surface area contributed by atoms with Crippen molar-refractivity contribution in [1.29, 1.82) is 0 Å². The van der Waals surface area contributed by atoms with E-state index < -0.39 is 34.5 Å². The van der Waals surface area contributed by atoms with Crippen LogP contribution in [-0.4, -0.2) is 69.6 Å². The predicted molar refractivity (Wildman–Crippen MR) is 110 cm³/mol. The number of nitrogens with one attached hydrogen (secondary N) is 2. The summed E-state index contributed by atoms with van der Waals surface area (Å²) in [6, 6.07) is 4.73. The van der Waals surface area contributed by atoms with Crippen LogP contribution in [0.25, 0.3) is 0 Å². The molecule has 11 heteroatoms. The summed E-state index contributed by atoms with van der Waals surface area (Å²) in [6.45, 7) is 0.602. The Morgan fingerprint density at radius 1 is 1.03 bits per heavy atom. The van der Waals surface area contributed by atoms with E-state index in [0.717, 1.165) is 32.1 Å². The number of sulfonamides is 1. The van der Waals surface area contributed by atoms with E-state index in [9.17, 15) is 22.8 Å². The lowest BCUT2D eigenvalue weighted by Crippen LogP contribution is -2.46. The number of morpholine rings is 1. The van der Waals surface area contributed by atoms with E-state index in [-0.39, 0.29) is 29.6 Å². The number of carbonyl (C=O) groups is 3. The molecule has 1 aliphatic heterocycles. The Labute approximate surface area is 181 Å². The lowest BCUT2D eigenvalue weighted by atomic mass is 9.96. The number of imide groups is 1. The quantitative estimate of drug-likeness (QED) is 0.615. The molecule has 1 saturated carbocycles. The molecule has 1 saturated heterocycles. The maximum Gasteiger partial charge on any atom is 0.338 e. The van der Waals surface area contributed by atoms with Crippen molar-refractivity contribution < 1.29 is 32.3 Å². The van der Waals surface area contributed by atoms with E-state index in [2.05, 4.69) is 10.6 Å². The van der Waals surface area contributed by atoms with Gasteiger partial charge in [-0.2, -0.15) is 4.31 Å². The van der Waals surface area contributed by atoms with Crippen LogP contribution in [0.2, 0.25) is 0 Å². The number of rotatable bonds is 6. The Balaban J connectivity index is 1.46. The van der Waals surface area contributed by atoms with Gasteiger partial charge in [-0.1, -0.05) is 19.3 Å². The lowest BCUT2D eigenvalue weighted by Gasteiger charge is -2.26. The molecule has 2 aliphatic rings. The SMILES string of the molecule is O=C(COC(=O)c1ccc(S(=O)(=O)N2CCOCC2)cc1)NC(=O)NC1CCCCC1. The first-order chi connectivity index (χ1) is 14.9. The van der Waals surface area contributed by atoms with Crippen molar-refractivity contribution in [1.82, 2.24) is 14.9 Å². The van der Waals surface area contributed by atoms with Gasteiger partial charge in [-0.05, 0) is 37.1 Å². The largest absolute Gasteiger partial charge is 0.452 e. The second kappa shape index (κ2) is 10.7. The molecule has 0 unspecified atom stereocenters. The molecule has 10 nitrogen and oxygen atoms in total. The number of hydrogen-bond donors (Lipinski definition) is 2. The van der Waals surface area contributed by atoms with Gasteiger partial charge in [0.1, 0.15) is 0 Å². The zero-order valence-corrected chi connectivity index (χ0v) is 18.0. The molecule has 0 spiro atoms. The fourth-order valence-corrected chi connectivity index (χ4v) is 4.95. The zero-order chi connectivity index (χ0) is 22.3. The molecule has 3 amide bonds. The summed E-state index contributed by atoms with van der Waals surface area (Å²) in [5.74, 6) is -1.54. The Bertz CT molecular complexity index is 890. The summed E-state index contributed by atoms with van der Waals surface area (Å²) in [5, 5.41) is 4.87. The van der Waals surface area contributed by atoms with Crippen LogP contribution in [0, 0.1) is 0 Å². The van der Waals surface area contributed by atoms with Crippen molar-refractivity contribution in [2.45, 2.75) is 43.0 Å². The van der Waals surface area contributed by atoms with Gasteiger partial charge in [0, 0.05) is 19.1 Å². The number of carbonyl (C=O) groups excluding carboxylic acids is 3. The highest BCUT2D eigenvalue weighted by Gasteiger charge is 2.26. The third-order valence-electron chi connectivity index (χ3n) is 5.23. The molecule has 31 heavy (non-hydrogen) atoms. The molecule has 1 aromatic carbocycles. The fraction of sp³-hybridized carbons (Fsp3) is 0.550. The number of amides is 3. The predicted octanol–water partition coefficient (Wildman–Crippen LogP) is 1.02. The van der Waals surface area contributed by atoms with Crippen LogP contribution in [0.5, 0.6) is 0 Å². The first-order valence-corrected chi connectivity index (χ1v) is 11.8. The van der Waals surface area contributed by atoms with E-state index in [1.807, 2.05) is 0 Å². The third-order valence-corrected chi connectivity index (χ3v) is 7.14. The first kappa shape index (κ1) is 23.2. The van der Waals surface area contributed by atoms with Crippen LogP contribution in [-0.2, 0) is 24.3 Å². The molecule has 3 rings (SSSR count). The molecule has 1 heterocycles. The number of hydrogen-bond acceptors (Lipinski definition) is 7. The minimum Gasteiger partial charge on any atom is -0.452 e. The number of esters is 1. The summed E-state index contributed by atoms with van der Waals surface area (Å²) < 4.78 is 36.6. The molecule has 170 valence electrons. The molecule has 2 N–H and O–H groups in total. The van der Waals surface area contributed by atoms with E-state index >= 15 is 0 Å². The monoisotopic (exact) mass is 453 g/mol. The van der Waals surface area contributed by atoms with Crippen molar-refractivity contribution in [3.8, 4) is 0 Å². The normalized spacial score (nSPS) is 18.2. The summed E-state index contributed by atoms with van der Waals surface area (Å²) in [4.78, 5) is 35.9. The van der Waals surface area contributed by atoms with Gasteiger partial charge in [0.2, 0.25) is 10.0 Å². The maximum absolute atomic E-state index is 12.6. The summed E-state index contributed by atoms with van der Waals surface area (Å²) in [5.41, 5.74) is 0.0976.